The summed E-state index contributed by atoms with van der Waals surface area (Å²) in [5.41, 5.74) is 0. The standard InChI is InChI=1S/C5H5N.Au.ClH/c1-2-4-6-5-3-1;;/h1-5H;;1H. The minimum absolute atomic E-state index is 0. The second kappa shape index (κ2) is 7.18. The zero-order valence-electron chi connectivity index (χ0n) is 4.04. The van der Waals surface area contributed by atoms with Gasteiger partial charge in [-0.1, -0.05) is 6.07 Å². The molecule has 0 N–H and O–H groups in total. The number of hydrogen-bond acceptors (Lipinski definition) is 1. The van der Waals surface area contributed by atoms with Crippen molar-refractivity contribution in [3.63, 3.8) is 0 Å². The third-order valence-electron chi connectivity index (χ3n) is 0.566. The van der Waals surface area contributed by atoms with E-state index < -0.39 is 0 Å². The minimum Gasteiger partial charge on any atom is -0.265 e. The largest absolute Gasteiger partial charge is 0.265 e. The van der Waals surface area contributed by atoms with Gasteiger partial charge in [0.15, 0.2) is 0 Å². The van der Waals surface area contributed by atoms with Gasteiger partial charge in [0, 0.05) is 34.8 Å². The maximum Gasteiger partial charge on any atom is 0.0267 e. The molecule has 0 aromatic carbocycles. The van der Waals surface area contributed by atoms with E-state index in [0.717, 1.165) is 0 Å². The fourth-order valence-corrected chi connectivity index (χ4v) is 0.313. The summed E-state index contributed by atoms with van der Waals surface area (Å²) in [5, 5.41) is 0. The first-order chi connectivity index (χ1) is 3.00. The molecular formula is C5H6AuClN. The van der Waals surface area contributed by atoms with Crippen molar-refractivity contribution in [2.45, 2.75) is 0 Å². The van der Waals surface area contributed by atoms with Gasteiger partial charge in [-0.2, -0.15) is 0 Å². The molecule has 1 radical (unpaired) electrons. The number of nitrogens with zero attached hydrogens (tertiary/aromatic N) is 1. The van der Waals surface area contributed by atoms with Gasteiger partial charge in [-0.25, -0.2) is 0 Å². The van der Waals surface area contributed by atoms with Gasteiger partial charge in [-0.3, -0.25) is 4.98 Å². The van der Waals surface area contributed by atoms with Crippen LogP contribution in [-0.4, -0.2) is 4.98 Å². The van der Waals surface area contributed by atoms with Crippen LogP contribution in [0.3, 0.4) is 0 Å². The summed E-state index contributed by atoms with van der Waals surface area (Å²) in [4.78, 5) is 3.78. The number of halogens is 1. The molecule has 0 saturated heterocycles. The van der Waals surface area contributed by atoms with Gasteiger partial charge >= 0.3 is 0 Å². The normalized spacial score (nSPS) is 6.00. The van der Waals surface area contributed by atoms with Crippen molar-refractivity contribution in [2.24, 2.45) is 0 Å². The number of hydrogen-bond donors (Lipinski definition) is 0. The van der Waals surface area contributed by atoms with E-state index in [-0.39, 0.29) is 34.8 Å². The van der Waals surface area contributed by atoms with Crippen LogP contribution in [0.15, 0.2) is 30.6 Å². The van der Waals surface area contributed by atoms with E-state index >= 15 is 0 Å². The number of pyridine rings is 1. The second-order valence-corrected chi connectivity index (χ2v) is 1.02. The molecule has 1 rings (SSSR count). The maximum absolute atomic E-state index is 3.78. The van der Waals surface area contributed by atoms with Crippen molar-refractivity contribution in [3.8, 4) is 0 Å². The van der Waals surface area contributed by atoms with Gasteiger partial charge in [0.05, 0.1) is 0 Å². The first-order valence-corrected chi connectivity index (χ1v) is 1.85. The van der Waals surface area contributed by atoms with Crippen molar-refractivity contribution in [1.29, 1.82) is 0 Å². The zero-order chi connectivity index (χ0) is 4.24. The van der Waals surface area contributed by atoms with Crippen LogP contribution in [0.5, 0.6) is 0 Å². The van der Waals surface area contributed by atoms with Crippen LogP contribution in [0.2, 0.25) is 0 Å². The van der Waals surface area contributed by atoms with Crippen LogP contribution in [0.4, 0.5) is 0 Å². The van der Waals surface area contributed by atoms with E-state index in [4.69, 9.17) is 0 Å². The van der Waals surface area contributed by atoms with E-state index in [1.807, 2.05) is 18.2 Å². The minimum atomic E-state index is 0. The van der Waals surface area contributed by atoms with Gasteiger partial charge in [0.25, 0.3) is 0 Å². The van der Waals surface area contributed by atoms with Crippen LogP contribution in [0, 0.1) is 0 Å². The third kappa shape index (κ3) is 4.34. The van der Waals surface area contributed by atoms with Gasteiger partial charge in [0.1, 0.15) is 0 Å². The molecule has 1 aromatic rings. The molecule has 0 saturated carbocycles. The Labute approximate surface area is 70.4 Å². The Balaban J connectivity index is 0. The predicted molar refractivity (Wildman–Crippen MR) is 31.5 cm³/mol. The van der Waals surface area contributed by atoms with Gasteiger partial charge in [-0.15, -0.1) is 12.4 Å². The SMILES string of the molecule is Cl.[Au].c1ccncc1. The molecule has 8 heavy (non-hydrogen) atoms. The Morgan fingerprint density at radius 2 is 1.38 bits per heavy atom. The molecule has 49 valence electrons. The Bertz CT molecular complexity index is 84.4. The Hall–Kier alpha value is 0.180. The summed E-state index contributed by atoms with van der Waals surface area (Å²) < 4.78 is 0. The van der Waals surface area contributed by atoms with E-state index in [1.165, 1.54) is 0 Å². The first kappa shape index (κ1) is 11.0. The van der Waals surface area contributed by atoms with Crippen molar-refractivity contribution in [3.05, 3.63) is 30.6 Å². The molecule has 0 spiro atoms. The van der Waals surface area contributed by atoms with E-state index in [0.29, 0.717) is 0 Å². The Morgan fingerprint density at radius 1 is 0.875 bits per heavy atom. The van der Waals surface area contributed by atoms with E-state index in [1.54, 1.807) is 12.4 Å². The van der Waals surface area contributed by atoms with E-state index in [9.17, 15) is 0 Å². The Kier molecular flexibility index (Phi) is 9.91. The Morgan fingerprint density at radius 3 is 1.50 bits per heavy atom. The topological polar surface area (TPSA) is 12.9 Å². The van der Waals surface area contributed by atoms with Crippen LogP contribution in [0.1, 0.15) is 0 Å². The summed E-state index contributed by atoms with van der Waals surface area (Å²) >= 11 is 0. The van der Waals surface area contributed by atoms with Crippen molar-refractivity contribution in [1.82, 2.24) is 4.98 Å². The monoisotopic (exact) mass is 312 g/mol. The fourth-order valence-electron chi connectivity index (χ4n) is 0.313. The number of rotatable bonds is 0. The second-order valence-electron chi connectivity index (χ2n) is 1.02. The van der Waals surface area contributed by atoms with Crippen LogP contribution < -0.4 is 0 Å². The molecule has 0 fully saturated rings. The fraction of sp³-hybridized carbons (Fsp3) is 0. The average molecular weight is 313 g/mol. The molecule has 0 atom stereocenters. The van der Waals surface area contributed by atoms with Gasteiger partial charge < -0.3 is 0 Å². The molecule has 1 nitrogen and oxygen atoms in total. The molecule has 1 heterocycles. The summed E-state index contributed by atoms with van der Waals surface area (Å²) in [6.45, 7) is 0. The van der Waals surface area contributed by atoms with Crippen LogP contribution in [0.25, 0.3) is 0 Å². The summed E-state index contributed by atoms with van der Waals surface area (Å²) in [7, 11) is 0. The molecule has 0 aliphatic carbocycles. The van der Waals surface area contributed by atoms with Crippen molar-refractivity contribution < 1.29 is 22.4 Å². The molecule has 0 bridgehead atoms. The zero-order valence-corrected chi connectivity index (χ0v) is 7.03. The average Bonchev–Trinajstić information content (AvgIpc) is 1.72. The van der Waals surface area contributed by atoms with E-state index in [2.05, 4.69) is 4.98 Å². The first-order valence-electron chi connectivity index (χ1n) is 1.85. The maximum atomic E-state index is 3.78. The summed E-state index contributed by atoms with van der Waals surface area (Å²) in [6, 6.07) is 5.72. The third-order valence-corrected chi connectivity index (χ3v) is 0.566. The van der Waals surface area contributed by atoms with Crippen LogP contribution in [-0.2, 0) is 22.4 Å². The molecule has 0 aliphatic rings. The van der Waals surface area contributed by atoms with Crippen molar-refractivity contribution >= 4 is 12.4 Å². The smallest absolute Gasteiger partial charge is 0.0267 e. The number of aromatic nitrogens is 1. The summed E-state index contributed by atoms with van der Waals surface area (Å²) in [6.07, 6.45) is 3.50. The molecule has 0 aliphatic heterocycles. The van der Waals surface area contributed by atoms with Gasteiger partial charge in [0.2, 0.25) is 0 Å². The molecular weight excluding hydrogens is 306 g/mol. The molecule has 0 unspecified atom stereocenters. The van der Waals surface area contributed by atoms with Gasteiger partial charge in [-0.05, 0) is 12.1 Å². The van der Waals surface area contributed by atoms with Crippen molar-refractivity contribution in [2.75, 3.05) is 0 Å². The predicted octanol–water partition coefficient (Wildman–Crippen LogP) is 1.50. The molecule has 3 heteroatoms. The molecule has 1 aromatic heterocycles. The summed E-state index contributed by atoms with van der Waals surface area (Å²) in [5.74, 6) is 0. The van der Waals surface area contributed by atoms with Crippen LogP contribution >= 0.6 is 12.4 Å². The molecule has 0 amide bonds. The quantitative estimate of drug-likeness (QED) is 0.662.